The SMILES string of the molecule is COc1ccc(-c2nc(NC(=O)c3cccc(F)c3F)sc2C)cc1OC. The van der Waals surface area contributed by atoms with Crippen molar-refractivity contribution < 1.29 is 23.0 Å². The summed E-state index contributed by atoms with van der Waals surface area (Å²) < 4.78 is 37.6. The van der Waals surface area contributed by atoms with Crippen LogP contribution in [0.2, 0.25) is 0 Å². The van der Waals surface area contributed by atoms with Gasteiger partial charge in [0.25, 0.3) is 5.91 Å². The Hall–Kier alpha value is -3.00. The summed E-state index contributed by atoms with van der Waals surface area (Å²) in [5.41, 5.74) is 1.05. The molecule has 0 bridgehead atoms. The lowest BCUT2D eigenvalue weighted by molar-refractivity contribution is 0.102. The Morgan fingerprint density at radius 1 is 1.11 bits per heavy atom. The van der Waals surface area contributed by atoms with Gasteiger partial charge in [-0.3, -0.25) is 10.1 Å². The Morgan fingerprint density at radius 2 is 1.85 bits per heavy atom. The number of benzene rings is 2. The summed E-state index contributed by atoms with van der Waals surface area (Å²) >= 11 is 1.23. The molecular weight excluding hydrogens is 374 g/mol. The van der Waals surface area contributed by atoms with E-state index in [-0.39, 0.29) is 10.7 Å². The van der Waals surface area contributed by atoms with Crippen LogP contribution in [-0.2, 0) is 0 Å². The number of anilines is 1. The second-order valence-corrected chi connectivity index (χ2v) is 6.75. The molecule has 2 aromatic carbocycles. The van der Waals surface area contributed by atoms with Crippen molar-refractivity contribution in [2.75, 3.05) is 19.5 Å². The van der Waals surface area contributed by atoms with E-state index in [2.05, 4.69) is 10.3 Å². The van der Waals surface area contributed by atoms with Crippen molar-refractivity contribution in [2.24, 2.45) is 0 Å². The second kappa shape index (κ2) is 7.71. The van der Waals surface area contributed by atoms with E-state index in [0.29, 0.717) is 17.2 Å². The van der Waals surface area contributed by atoms with E-state index in [1.54, 1.807) is 19.2 Å². The van der Waals surface area contributed by atoms with Gasteiger partial charge < -0.3 is 9.47 Å². The quantitative estimate of drug-likeness (QED) is 0.688. The first-order valence-electron chi connectivity index (χ1n) is 7.89. The second-order valence-electron chi connectivity index (χ2n) is 5.55. The third kappa shape index (κ3) is 3.75. The van der Waals surface area contributed by atoms with Crippen molar-refractivity contribution in [3.63, 3.8) is 0 Å². The van der Waals surface area contributed by atoms with Crippen molar-refractivity contribution in [3.8, 4) is 22.8 Å². The minimum atomic E-state index is -1.19. The maximum atomic E-state index is 13.8. The Morgan fingerprint density at radius 3 is 2.56 bits per heavy atom. The number of aryl methyl sites for hydroxylation is 1. The molecule has 0 saturated carbocycles. The lowest BCUT2D eigenvalue weighted by Gasteiger charge is -2.08. The fraction of sp³-hybridized carbons (Fsp3) is 0.158. The maximum Gasteiger partial charge on any atom is 0.260 e. The van der Waals surface area contributed by atoms with Gasteiger partial charge in [0.15, 0.2) is 28.3 Å². The highest BCUT2D eigenvalue weighted by Crippen LogP contribution is 2.36. The Balaban J connectivity index is 1.89. The summed E-state index contributed by atoms with van der Waals surface area (Å²) in [7, 11) is 3.08. The van der Waals surface area contributed by atoms with Crippen LogP contribution in [-0.4, -0.2) is 25.1 Å². The van der Waals surface area contributed by atoms with Gasteiger partial charge >= 0.3 is 0 Å². The topological polar surface area (TPSA) is 60.5 Å². The molecule has 27 heavy (non-hydrogen) atoms. The smallest absolute Gasteiger partial charge is 0.260 e. The predicted octanol–water partition coefficient (Wildman–Crippen LogP) is 4.67. The van der Waals surface area contributed by atoms with Crippen molar-refractivity contribution in [3.05, 3.63) is 58.5 Å². The van der Waals surface area contributed by atoms with Gasteiger partial charge in [0.2, 0.25) is 0 Å². The van der Waals surface area contributed by atoms with Gasteiger partial charge in [0.1, 0.15) is 0 Å². The minimum Gasteiger partial charge on any atom is -0.493 e. The minimum absolute atomic E-state index is 0.283. The number of aromatic nitrogens is 1. The number of methoxy groups -OCH3 is 2. The van der Waals surface area contributed by atoms with Gasteiger partial charge in [0, 0.05) is 10.4 Å². The van der Waals surface area contributed by atoms with Crippen LogP contribution in [0.3, 0.4) is 0 Å². The summed E-state index contributed by atoms with van der Waals surface area (Å²) in [6.45, 7) is 1.85. The molecule has 3 aromatic rings. The standard InChI is InChI=1S/C19H16F2N2O3S/c1-10-17(11-7-8-14(25-2)15(9-11)26-3)22-19(27-10)23-18(24)12-5-4-6-13(20)16(12)21/h4-9H,1-3H3,(H,22,23,24). The number of nitrogens with one attached hydrogen (secondary N) is 1. The summed E-state index contributed by atoms with van der Waals surface area (Å²) in [5, 5.41) is 2.80. The summed E-state index contributed by atoms with van der Waals surface area (Å²) in [6.07, 6.45) is 0. The van der Waals surface area contributed by atoms with Crippen molar-refractivity contribution >= 4 is 22.4 Å². The molecule has 1 aromatic heterocycles. The van der Waals surface area contributed by atoms with Crippen LogP contribution < -0.4 is 14.8 Å². The van der Waals surface area contributed by atoms with Gasteiger partial charge in [-0.1, -0.05) is 6.07 Å². The normalized spacial score (nSPS) is 10.6. The van der Waals surface area contributed by atoms with Crippen LogP contribution in [0.4, 0.5) is 13.9 Å². The predicted molar refractivity (Wildman–Crippen MR) is 99.7 cm³/mol. The number of hydrogen-bond donors (Lipinski definition) is 1. The van der Waals surface area contributed by atoms with Crippen LogP contribution in [0.5, 0.6) is 11.5 Å². The molecule has 0 radical (unpaired) electrons. The molecule has 0 atom stereocenters. The number of thiazole rings is 1. The molecule has 0 aliphatic heterocycles. The first kappa shape index (κ1) is 18.8. The number of carbonyl (C=O) groups is 1. The first-order chi connectivity index (χ1) is 12.9. The third-order valence-corrected chi connectivity index (χ3v) is 4.76. The van der Waals surface area contributed by atoms with E-state index in [1.807, 2.05) is 13.0 Å². The molecule has 1 amide bonds. The fourth-order valence-corrected chi connectivity index (χ4v) is 3.38. The molecule has 0 saturated heterocycles. The van der Waals surface area contributed by atoms with E-state index < -0.39 is 17.5 Å². The average Bonchev–Trinajstić information content (AvgIpc) is 3.03. The highest BCUT2D eigenvalue weighted by molar-refractivity contribution is 7.16. The summed E-state index contributed by atoms with van der Waals surface area (Å²) in [4.78, 5) is 17.5. The zero-order valence-corrected chi connectivity index (χ0v) is 15.6. The molecule has 0 spiro atoms. The van der Waals surface area contributed by atoms with Gasteiger partial charge in [-0.25, -0.2) is 13.8 Å². The maximum absolute atomic E-state index is 13.8. The molecule has 0 aliphatic rings. The fourth-order valence-electron chi connectivity index (χ4n) is 2.54. The molecule has 0 unspecified atom stereocenters. The van der Waals surface area contributed by atoms with Gasteiger partial charge in [-0.2, -0.15) is 0 Å². The molecule has 140 valence electrons. The molecule has 0 aliphatic carbocycles. The van der Waals surface area contributed by atoms with Crippen molar-refractivity contribution in [2.45, 2.75) is 6.92 Å². The zero-order valence-electron chi connectivity index (χ0n) is 14.8. The molecule has 1 heterocycles. The van der Waals surface area contributed by atoms with Crippen LogP contribution in [0.1, 0.15) is 15.2 Å². The zero-order chi connectivity index (χ0) is 19.6. The number of nitrogens with zero attached hydrogens (tertiary/aromatic N) is 1. The first-order valence-corrected chi connectivity index (χ1v) is 8.71. The number of amides is 1. The van der Waals surface area contributed by atoms with Gasteiger partial charge in [-0.15, -0.1) is 11.3 Å². The monoisotopic (exact) mass is 390 g/mol. The summed E-state index contributed by atoms with van der Waals surface area (Å²) in [5.74, 6) is -1.90. The number of rotatable bonds is 5. The molecule has 3 rings (SSSR count). The third-order valence-electron chi connectivity index (χ3n) is 3.87. The lowest BCUT2D eigenvalue weighted by atomic mass is 10.1. The molecule has 5 nitrogen and oxygen atoms in total. The van der Waals surface area contributed by atoms with Gasteiger partial charge in [-0.05, 0) is 37.3 Å². The van der Waals surface area contributed by atoms with Crippen molar-refractivity contribution in [1.82, 2.24) is 4.98 Å². The number of ether oxygens (including phenoxy) is 2. The lowest BCUT2D eigenvalue weighted by Crippen LogP contribution is -2.14. The van der Waals surface area contributed by atoms with Crippen LogP contribution >= 0.6 is 11.3 Å². The van der Waals surface area contributed by atoms with Crippen molar-refractivity contribution in [1.29, 1.82) is 0 Å². The molecule has 1 N–H and O–H groups in total. The van der Waals surface area contributed by atoms with E-state index in [9.17, 15) is 13.6 Å². The van der Waals surface area contributed by atoms with E-state index in [4.69, 9.17) is 9.47 Å². The van der Waals surface area contributed by atoms with Gasteiger partial charge in [0.05, 0.1) is 25.5 Å². The molecule has 0 fully saturated rings. The molecular formula is C19H16F2N2O3S. The van der Waals surface area contributed by atoms with Crippen LogP contribution in [0.25, 0.3) is 11.3 Å². The Bertz CT molecular complexity index is 1000. The highest BCUT2D eigenvalue weighted by atomic mass is 32.1. The Labute approximate surface area is 158 Å². The molecule has 8 heteroatoms. The van der Waals surface area contributed by atoms with E-state index in [0.717, 1.165) is 16.5 Å². The number of halogens is 2. The highest BCUT2D eigenvalue weighted by Gasteiger charge is 2.18. The summed E-state index contributed by atoms with van der Waals surface area (Å²) in [6, 6.07) is 8.79. The number of carbonyl (C=O) groups excluding carboxylic acids is 1. The average molecular weight is 390 g/mol. The largest absolute Gasteiger partial charge is 0.493 e. The van der Waals surface area contributed by atoms with E-state index in [1.165, 1.54) is 30.6 Å². The van der Waals surface area contributed by atoms with E-state index >= 15 is 0 Å². The Kier molecular flexibility index (Phi) is 5.36. The van der Waals surface area contributed by atoms with Crippen LogP contribution in [0.15, 0.2) is 36.4 Å². The number of hydrogen-bond acceptors (Lipinski definition) is 5. The van der Waals surface area contributed by atoms with Crippen LogP contribution in [0, 0.1) is 18.6 Å².